The highest BCUT2D eigenvalue weighted by molar-refractivity contribution is 6.02. The zero-order valence-corrected chi connectivity index (χ0v) is 8.52. The summed E-state index contributed by atoms with van der Waals surface area (Å²) in [4.78, 5) is 22.4. The molecule has 5 heteroatoms. The van der Waals surface area contributed by atoms with E-state index in [-0.39, 0.29) is 5.70 Å². The molecular formula is C11H9NO4. The first kappa shape index (κ1) is 10.2. The molecule has 1 aliphatic rings. The number of nitrogens with one attached hydrogen (secondary N) is 1. The molecule has 5 nitrogen and oxygen atoms in total. The van der Waals surface area contributed by atoms with Gasteiger partial charge in [0.05, 0.1) is 18.9 Å². The fraction of sp³-hybridized carbons (Fsp3) is 0.0909. The predicted molar refractivity (Wildman–Crippen MR) is 55.8 cm³/mol. The van der Waals surface area contributed by atoms with Crippen LogP contribution in [0.25, 0.3) is 0 Å². The molecule has 0 aliphatic carbocycles. The minimum absolute atomic E-state index is 0.0607. The van der Waals surface area contributed by atoms with Crippen LogP contribution in [0.15, 0.2) is 36.0 Å². The number of para-hydroxylation sites is 2. The lowest BCUT2D eigenvalue weighted by Gasteiger charge is -2.18. The van der Waals surface area contributed by atoms with Gasteiger partial charge in [0.2, 0.25) is 0 Å². The number of esters is 2. The molecule has 0 radical (unpaired) electrons. The van der Waals surface area contributed by atoms with Crippen LogP contribution in [0.3, 0.4) is 0 Å². The molecule has 0 bridgehead atoms. The molecule has 0 spiro atoms. The van der Waals surface area contributed by atoms with Crippen LogP contribution in [-0.2, 0) is 14.3 Å². The van der Waals surface area contributed by atoms with Crippen LogP contribution in [0, 0.1) is 0 Å². The monoisotopic (exact) mass is 219 g/mol. The second-order valence-electron chi connectivity index (χ2n) is 3.09. The lowest BCUT2D eigenvalue weighted by Crippen LogP contribution is -2.24. The molecule has 82 valence electrons. The summed E-state index contributed by atoms with van der Waals surface area (Å²) in [5, 5.41) is 2.80. The number of hydrogen-bond acceptors (Lipinski definition) is 5. The Morgan fingerprint density at radius 2 is 2.19 bits per heavy atom. The van der Waals surface area contributed by atoms with Gasteiger partial charge in [0.25, 0.3) is 0 Å². The van der Waals surface area contributed by atoms with Crippen molar-refractivity contribution in [1.82, 2.24) is 0 Å². The fourth-order valence-electron chi connectivity index (χ4n) is 1.28. The molecule has 16 heavy (non-hydrogen) atoms. The normalized spacial score (nSPS) is 16.1. The summed E-state index contributed by atoms with van der Waals surface area (Å²) in [6, 6.07) is 6.95. The Morgan fingerprint density at radius 3 is 2.94 bits per heavy atom. The van der Waals surface area contributed by atoms with E-state index in [1.165, 1.54) is 7.11 Å². The minimum Gasteiger partial charge on any atom is -0.466 e. The van der Waals surface area contributed by atoms with Crippen molar-refractivity contribution in [2.45, 2.75) is 0 Å². The van der Waals surface area contributed by atoms with Crippen LogP contribution >= 0.6 is 0 Å². The van der Waals surface area contributed by atoms with E-state index in [1.54, 1.807) is 24.3 Å². The maximum atomic E-state index is 11.4. The molecule has 0 saturated carbocycles. The first-order valence-electron chi connectivity index (χ1n) is 4.58. The Labute approximate surface area is 91.7 Å². The smallest absolute Gasteiger partial charge is 0.360 e. The Hall–Kier alpha value is -2.30. The number of methoxy groups -OCH3 is 1. The lowest BCUT2D eigenvalue weighted by molar-refractivity contribution is -0.136. The molecule has 1 N–H and O–H groups in total. The topological polar surface area (TPSA) is 64.6 Å². The Kier molecular flexibility index (Phi) is 2.59. The number of hydrogen-bond donors (Lipinski definition) is 1. The van der Waals surface area contributed by atoms with Gasteiger partial charge in [-0.3, -0.25) is 0 Å². The van der Waals surface area contributed by atoms with Crippen molar-refractivity contribution in [1.29, 1.82) is 0 Å². The van der Waals surface area contributed by atoms with Gasteiger partial charge in [-0.25, -0.2) is 9.59 Å². The summed E-state index contributed by atoms with van der Waals surface area (Å²) in [5.41, 5.74) is 0.697. The third-order valence-electron chi connectivity index (χ3n) is 2.04. The van der Waals surface area contributed by atoms with Crippen molar-refractivity contribution in [2.75, 3.05) is 12.4 Å². The summed E-state index contributed by atoms with van der Waals surface area (Å²) in [7, 11) is 1.24. The highest BCUT2D eigenvalue weighted by Crippen LogP contribution is 2.29. The van der Waals surface area contributed by atoms with E-state index < -0.39 is 11.9 Å². The summed E-state index contributed by atoms with van der Waals surface area (Å²) < 4.78 is 9.44. The zero-order chi connectivity index (χ0) is 11.5. The number of carbonyl (C=O) groups is 2. The number of fused-ring (bicyclic) bond motifs is 1. The number of anilines is 1. The van der Waals surface area contributed by atoms with Gasteiger partial charge in [0.15, 0.2) is 5.75 Å². The molecular weight excluding hydrogens is 210 g/mol. The van der Waals surface area contributed by atoms with Crippen molar-refractivity contribution in [3.05, 3.63) is 36.0 Å². The number of benzene rings is 1. The molecule has 2 rings (SSSR count). The average molecular weight is 219 g/mol. The first-order chi connectivity index (χ1) is 7.70. The van der Waals surface area contributed by atoms with Crippen LogP contribution in [0.5, 0.6) is 5.75 Å². The molecule has 1 aromatic rings. The Morgan fingerprint density at radius 1 is 1.44 bits per heavy atom. The van der Waals surface area contributed by atoms with Gasteiger partial charge in [0.1, 0.15) is 5.70 Å². The highest BCUT2D eigenvalue weighted by Gasteiger charge is 2.22. The average Bonchev–Trinajstić information content (AvgIpc) is 2.30. The molecule has 1 heterocycles. The number of carbonyl (C=O) groups excluding carboxylic acids is 2. The maximum Gasteiger partial charge on any atom is 0.360 e. The van der Waals surface area contributed by atoms with Gasteiger partial charge in [-0.2, -0.15) is 0 Å². The van der Waals surface area contributed by atoms with Gasteiger partial charge >= 0.3 is 11.9 Å². The first-order valence-corrected chi connectivity index (χ1v) is 4.58. The summed E-state index contributed by atoms with van der Waals surface area (Å²) in [6.45, 7) is 0. The zero-order valence-electron chi connectivity index (χ0n) is 8.52. The van der Waals surface area contributed by atoms with E-state index in [1.807, 2.05) is 0 Å². The van der Waals surface area contributed by atoms with Gasteiger partial charge < -0.3 is 14.8 Å². The van der Waals surface area contributed by atoms with Crippen molar-refractivity contribution in [3.63, 3.8) is 0 Å². The quantitative estimate of drug-likeness (QED) is 0.435. The molecule has 0 aromatic heterocycles. The summed E-state index contributed by atoms with van der Waals surface area (Å²) in [6.07, 6.45) is 1.05. The standard InChI is InChI=1S/C11H9NO4/c1-15-10(13)6-8-11(14)16-9-5-3-2-4-7(9)12-8/h2-6,12H,1H3/b8-6+. The van der Waals surface area contributed by atoms with E-state index in [4.69, 9.17) is 4.74 Å². The molecule has 1 aliphatic heterocycles. The second kappa shape index (κ2) is 4.06. The lowest BCUT2D eigenvalue weighted by atomic mass is 10.2. The Bertz CT molecular complexity index is 479. The van der Waals surface area contributed by atoms with E-state index in [0.717, 1.165) is 6.08 Å². The van der Waals surface area contributed by atoms with Crippen molar-refractivity contribution < 1.29 is 19.1 Å². The van der Waals surface area contributed by atoms with Gasteiger partial charge in [-0.05, 0) is 12.1 Å². The largest absolute Gasteiger partial charge is 0.466 e. The third-order valence-corrected chi connectivity index (χ3v) is 2.04. The highest BCUT2D eigenvalue weighted by atomic mass is 16.5. The van der Waals surface area contributed by atoms with E-state index in [9.17, 15) is 9.59 Å². The SMILES string of the molecule is COC(=O)/C=C1/Nc2ccccc2OC1=O. The predicted octanol–water partition coefficient (Wildman–Crippen LogP) is 1.07. The maximum absolute atomic E-state index is 11.4. The molecule has 0 amide bonds. The van der Waals surface area contributed by atoms with Crippen LogP contribution in [0.2, 0.25) is 0 Å². The van der Waals surface area contributed by atoms with Crippen molar-refractivity contribution in [2.24, 2.45) is 0 Å². The van der Waals surface area contributed by atoms with Crippen molar-refractivity contribution in [3.8, 4) is 5.75 Å². The van der Waals surface area contributed by atoms with Crippen molar-refractivity contribution >= 4 is 17.6 Å². The van der Waals surface area contributed by atoms with Gasteiger partial charge in [-0.15, -0.1) is 0 Å². The van der Waals surface area contributed by atoms with Gasteiger partial charge in [0, 0.05) is 0 Å². The van der Waals surface area contributed by atoms with E-state index in [0.29, 0.717) is 11.4 Å². The third kappa shape index (κ3) is 1.88. The molecule has 1 aromatic carbocycles. The minimum atomic E-state index is -0.612. The molecule has 0 atom stereocenters. The van der Waals surface area contributed by atoms with Crippen LogP contribution in [0.4, 0.5) is 5.69 Å². The molecule has 0 fully saturated rings. The van der Waals surface area contributed by atoms with Crippen LogP contribution < -0.4 is 10.1 Å². The summed E-state index contributed by atoms with van der Waals surface area (Å²) in [5.74, 6) is -0.780. The summed E-state index contributed by atoms with van der Waals surface area (Å²) >= 11 is 0. The van der Waals surface area contributed by atoms with E-state index >= 15 is 0 Å². The van der Waals surface area contributed by atoms with Crippen LogP contribution in [-0.4, -0.2) is 19.0 Å². The second-order valence-corrected chi connectivity index (χ2v) is 3.09. The Balaban J connectivity index is 2.31. The number of rotatable bonds is 1. The van der Waals surface area contributed by atoms with Crippen LogP contribution in [0.1, 0.15) is 0 Å². The molecule has 0 saturated heterocycles. The van der Waals surface area contributed by atoms with E-state index in [2.05, 4.69) is 10.1 Å². The fourth-order valence-corrected chi connectivity index (χ4v) is 1.28. The molecule has 0 unspecified atom stereocenters. The van der Waals surface area contributed by atoms with Gasteiger partial charge in [-0.1, -0.05) is 12.1 Å². The number of ether oxygens (including phenoxy) is 2.